The highest BCUT2D eigenvalue weighted by Crippen LogP contribution is 2.30. The minimum atomic E-state index is -0.120. The summed E-state index contributed by atoms with van der Waals surface area (Å²) in [6.45, 7) is 3.09. The summed E-state index contributed by atoms with van der Waals surface area (Å²) in [4.78, 5) is 14.4. The van der Waals surface area contributed by atoms with Crippen molar-refractivity contribution in [1.29, 1.82) is 0 Å². The molecule has 0 fully saturated rings. The molecule has 0 N–H and O–H groups in total. The van der Waals surface area contributed by atoms with Crippen molar-refractivity contribution in [2.45, 2.75) is 19.9 Å². The quantitative estimate of drug-likeness (QED) is 0.530. The molecule has 0 heterocycles. The third-order valence-electron chi connectivity index (χ3n) is 4.70. The molecule has 3 aromatic carbocycles. The van der Waals surface area contributed by atoms with Crippen LogP contribution in [-0.4, -0.2) is 38.2 Å². The number of hydrogen-bond donors (Lipinski definition) is 0. The monoisotopic (exact) mass is 393 g/mol. The van der Waals surface area contributed by atoms with Gasteiger partial charge in [0.2, 0.25) is 0 Å². The van der Waals surface area contributed by atoms with E-state index in [1.54, 1.807) is 31.2 Å². The van der Waals surface area contributed by atoms with E-state index in [1.165, 1.54) is 0 Å². The zero-order chi connectivity index (χ0) is 20.6. The van der Waals surface area contributed by atoms with Gasteiger partial charge in [-0.15, -0.1) is 0 Å². The van der Waals surface area contributed by atoms with E-state index in [2.05, 4.69) is 25.1 Å². The Kier molecular flexibility index (Phi) is 6.95. The van der Waals surface area contributed by atoms with Gasteiger partial charge in [-0.3, -0.25) is 4.79 Å². The van der Waals surface area contributed by atoms with Gasteiger partial charge >= 0.3 is 0 Å². The molecule has 5 nitrogen and oxygen atoms in total. The van der Waals surface area contributed by atoms with Crippen LogP contribution in [0.2, 0.25) is 0 Å². The first-order valence-electron chi connectivity index (χ1n) is 9.77. The topological polar surface area (TPSA) is 48.0 Å². The summed E-state index contributed by atoms with van der Waals surface area (Å²) in [6.07, 6.45) is 0.924. The number of rotatable bonds is 9. The Morgan fingerprint density at radius 3 is 2.38 bits per heavy atom. The minimum Gasteiger partial charge on any atom is -0.493 e. The van der Waals surface area contributed by atoms with Gasteiger partial charge in [-0.2, -0.15) is 0 Å². The van der Waals surface area contributed by atoms with Gasteiger partial charge in [0.05, 0.1) is 13.7 Å². The second-order valence-electron chi connectivity index (χ2n) is 6.80. The highest BCUT2D eigenvalue weighted by Gasteiger charge is 2.16. The molecular formula is C24H27NO4. The van der Waals surface area contributed by atoms with Crippen molar-refractivity contribution in [3.63, 3.8) is 0 Å². The largest absolute Gasteiger partial charge is 0.493 e. The summed E-state index contributed by atoms with van der Waals surface area (Å²) >= 11 is 0. The predicted molar refractivity (Wildman–Crippen MR) is 115 cm³/mol. The molecule has 5 heteroatoms. The van der Waals surface area contributed by atoms with Crippen molar-refractivity contribution in [3.05, 3.63) is 66.2 Å². The van der Waals surface area contributed by atoms with Crippen LogP contribution in [0.5, 0.6) is 17.2 Å². The summed E-state index contributed by atoms with van der Waals surface area (Å²) < 4.78 is 16.9. The van der Waals surface area contributed by atoms with Crippen molar-refractivity contribution >= 4 is 16.7 Å². The molecule has 0 saturated heterocycles. The Hall–Kier alpha value is -3.21. The molecule has 1 amide bonds. The van der Waals surface area contributed by atoms with Gasteiger partial charge in [-0.05, 0) is 35.4 Å². The Morgan fingerprint density at radius 2 is 1.62 bits per heavy atom. The lowest BCUT2D eigenvalue weighted by Crippen LogP contribution is -2.31. The molecule has 3 aromatic rings. The molecule has 0 aliphatic heterocycles. The van der Waals surface area contributed by atoms with Crippen LogP contribution in [0.15, 0.2) is 60.7 Å². The second-order valence-corrected chi connectivity index (χ2v) is 6.80. The van der Waals surface area contributed by atoms with Crippen LogP contribution in [0.4, 0.5) is 0 Å². The Balaban J connectivity index is 1.75. The van der Waals surface area contributed by atoms with Crippen LogP contribution in [0.3, 0.4) is 0 Å². The maximum absolute atomic E-state index is 12.7. The smallest absolute Gasteiger partial charge is 0.260 e. The zero-order valence-corrected chi connectivity index (χ0v) is 17.2. The first kappa shape index (κ1) is 20.5. The van der Waals surface area contributed by atoms with E-state index in [0.717, 1.165) is 28.5 Å². The summed E-state index contributed by atoms with van der Waals surface area (Å²) in [6, 6.07) is 19.5. The normalized spacial score (nSPS) is 10.6. The molecule has 0 aromatic heterocycles. The molecular weight excluding hydrogens is 366 g/mol. The minimum absolute atomic E-state index is 0.0627. The van der Waals surface area contributed by atoms with Crippen LogP contribution >= 0.6 is 0 Å². The van der Waals surface area contributed by atoms with Gasteiger partial charge in [0.15, 0.2) is 18.1 Å². The summed E-state index contributed by atoms with van der Waals surface area (Å²) in [5.41, 5.74) is 1.00. The maximum Gasteiger partial charge on any atom is 0.260 e. The number of carbonyl (C=O) groups excluding carboxylic acids is 1. The molecule has 0 saturated carbocycles. The van der Waals surface area contributed by atoms with Crippen LogP contribution in [0.1, 0.15) is 18.9 Å². The molecule has 0 aliphatic rings. The average molecular weight is 393 g/mol. The van der Waals surface area contributed by atoms with E-state index in [9.17, 15) is 4.79 Å². The molecule has 0 radical (unpaired) electrons. The number of ether oxygens (including phenoxy) is 3. The first-order chi connectivity index (χ1) is 14.1. The SMILES string of the molecule is CCCOc1ccc2ccccc2c1CN(C)C(=O)COc1ccccc1OC. The summed E-state index contributed by atoms with van der Waals surface area (Å²) in [5, 5.41) is 2.21. The molecule has 29 heavy (non-hydrogen) atoms. The number of benzene rings is 3. The predicted octanol–water partition coefficient (Wildman–Crippen LogP) is 4.67. The van der Waals surface area contributed by atoms with Gasteiger partial charge in [-0.1, -0.05) is 49.4 Å². The third kappa shape index (κ3) is 4.99. The van der Waals surface area contributed by atoms with E-state index in [4.69, 9.17) is 14.2 Å². The van der Waals surface area contributed by atoms with E-state index in [0.29, 0.717) is 24.7 Å². The number of nitrogens with zero attached hydrogens (tertiary/aromatic N) is 1. The molecule has 0 aliphatic carbocycles. The van der Waals surface area contributed by atoms with Crippen molar-refractivity contribution in [1.82, 2.24) is 4.90 Å². The molecule has 0 bridgehead atoms. The number of likely N-dealkylation sites (N-methyl/N-ethyl adjacent to an activating group) is 1. The van der Waals surface area contributed by atoms with Gasteiger partial charge in [-0.25, -0.2) is 0 Å². The molecule has 0 atom stereocenters. The van der Waals surface area contributed by atoms with Crippen LogP contribution in [-0.2, 0) is 11.3 Å². The first-order valence-corrected chi connectivity index (χ1v) is 9.77. The lowest BCUT2D eigenvalue weighted by Gasteiger charge is -2.21. The van der Waals surface area contributed by atoms with E-state index >= 15 is 0 Å². The van der Waals surface area contributed by atoms with Gasteiger partial charge in [0.1, 0.15) is 5.75 Å². The summed E-state index contributed by atoms with van der Waals surface area (Å²) in [7, 11) is 3.35. The van der Waals surface area contributed by atoms with Crippen molar-refractivity contribution in [2.75, 3.05) is 27.4 Å². The molecule has 0 unspecified atom stereocenters. The molecule has 3 rings (SSSR count). The number of fused-ring (bicyclic) bond motifs is 1. The van der Waals surface area contributed by atoms with Crippen molar-refractivity contribution < 1.29 is 19.0 Å². The number of amides is 1. The fourth-order valence-electron chi connectivity index (χ4n) is 3.14. The molecule has 152 valence electrons. The van der Waals surface area contributed by atoms with Gasteiger partial charge < -0.3 is 19.1 Å². The van der Waals surface area contributed by atoms with Crippen molar-refractivity contribution in [2.24, 2.45) is 0 Å². The summed E-state index contributed by atoms with van der Waals surface area (Å²) in [5.74, 6) is 1.85. The average Bonchev–Trinajstić information content (AvgIpc) is 2.76. The highest BCUT2D eigenvalue weighted by molar-refractivity contribution is 5.88. The number of methoxy groups -OCH3 is 1. The lowest BCUT2D eigenvalue weighted by atomic mass is 10.0. The maximum atomic E-state index is 12.7. The van der Waals surface area contributed by atoms with E-state index in [1.807, 2.05) is 30.3 Å². The standard InChI is InChI=1S/C24H27NO4/c1-4-15-28-21-14-13-18-9-5-6-10-19(18)20(21)16-25(2)24(26)17-29-23-12-8-7-11-22(23)27-3/h5-14H,4,15-17H2,1-3H3. The van der Waals surface area contributed by atoms with Crippen LogP contribution in [0, 0.1) is 0 Å². The fraction of sp³-hybridized carbons (Fsp3) is 0.292. The van der Waals surface area contributed by atoms with Gasteiger partial charge in [0.25, 0.3) is 5.91 Å². The number of para-hydroxylation sites is 2. The van der Waals surface area contributed by atoms with Gasteiger partial charge in [0, 0.05) is 19.2 Å². The van der Waals surface area contributed by atoms with Crippen LogP contribution < -0.4 is 14.2 Å². The van der Waals surface area contributed by atoms with E-state index in [-0.39, 0.29) is 12.5 Å². The second kappa shape index (κ2) is 9.82. The number of carbonyl (C=O) groups is 1. The Bertz CT molecular complexity index is 970. The lowest BCUT2D eigenvalue weighted by molar-refractivity contribution is -0.132. The molecule has 0 spiro atoms. The highest BCUT2D eigenvalue weighted by atomic mass is 16.5. The number of hydrogen-bond acceptors (Lipinski definition) is 4. The third-order valence-corrected chi connectivity index (χ3v) is 4.70. The van der Waals surface area contributed by atoms with Crippen molar-refractivity contribution in [3.8, 4) is 17.2 Å². The zero-order valence-electron chi connectivity index (χ0n) is 17.2. The van der Waals surface area contributed by atoms with E-state index < -0.39 is 0 Å². The Labute approximate surface area is 171 Å². The Morgan fingerprint density at radius 1 is 0.897 bits per heavy atom. The van der Waals surface area contributed by atoms with Crippen LogP contribution in [0.25, 0.3) is 10.8 Å². The fourth-order valence-corrected chi connectivity index (χ4v) is 3.14.